The number of benzene rings is 7. The van der Waals surface area contributed by atoms with Crippen LogP contribution in [0.15, 0.2) is 163 Å². The summed E-state index contributed by atoms with van der Waals surface area (Å²) in [6.45, 7) is 16.5. The highest BCUT2D eigenvalue weighted by Gasteiger charge is 2.55. The van der Waals surface area contributed by atoms with Gasteiger partial charge in [-0.05, 0) is 101 Å². The first-order valence-corrected chi connectivity index (χ1v) is 19.7. The average Bonchev–Trinajstić information content (AvgIpc) is 3.69. The van der Waals surface area contributed by atoms with Gasteiger partial charge >= 0.3 is 0 Å². The summed E-state index contributed by atoms with van der Waals surface area (Å²) in [5.41, 5.74) is 17.3. The molecule has 0 saturated carbocycles. The zero-order valence-electron chi connectivity index (χ0n) is 32.7. The maximum absolute atomic E-state index is 2.57. The summed E-state index contributed by atoms with van der Waals surface area (Å²) in [5.74, 6) is 0.0983. The van der Waals surface area contributed by atoms with Crippen LogP contribution in [0.2, 0.25) is 0 Å². The lowest BCUT2D eigenvalue weighted by Gasteiger charge is -2.48. The summed E-state index contributed by atoms with van der Waals surface area (Å²) < 4.78 is 0. The minimum absolute atomic E-state index is 0.00606. The lowest BCUT2D eigenvalue weighted by Crippen LogP contribution is -2.41. The molecule has 1 unspecified atom stereocenters. The lowest BCUT2D eigenvalue weighted by molar-refractivity contribution is 0.405. The normalized spacial score (nSPS) is 15.5. The van der Waals surface area contributed by atoms with E-state index in [2.05, 4.69) is 212 Å². The Hall–Kier alpha value is -5.46. The number of allylic oxidation sites excluding steroid dienone is 1. The molecule has 7 aromatic rings. The molecule has 2 aliphatic rings. The van der Waals surface area contributed by atoms with Crippen molar-refractivity contribution < 1.29 is 0 Å². The van der Waals surface area contributed by atoms with Crippen LogP contribution in [-0.4, -0.2) is 0 Å². The van der Waals surface area contributed by atoms with E-state index >= 15 is 0 Å². The predicted molar refractivity (Wildman–Crippen MR) is 231 cm³/mol. The Labute approximate surface area is 322 Å². The van der Waals surface area contributed by atoms with Crippen molar-refractivity contribution in [2.45, 2.75) is 76.5 Å². The van der Waals surface area contributed by atoms with E-state index in [9.17, 15) is 0 Å². The fourth-order valence-corrected chi connectivity index (χ4v) is 9.90. The second kappa shape index (κ2) is 12.6. The van der Waals surface area contributed by atoms with Gasteiger partial charge in [0.15, 0.2) is 0 Å². The van der Waals surface area contributed by atoms with Crippen molar-refractivity contribution in [3.8, 4) is 22.3 Å². The van der Waals surface area contributed by atoms with Crippen LogP contribution in [0.25, 0.3) is 39.1 Å². The van der Waals surface area contributed by atoms with E-state index in [1.54, 1.807) is 0 Å². The molecule has 0 radical (unpaired) electrons. The highest BCUT2D eigenvalue weighted by atomic mass is 14.6. The Morgan fingerprint density at radius 2 is 0.944 bits per heavy atom. The Bertz CT molecular complexity index is 2470. The Balaban J connectivity index is 1.43. The van der Waals surface area contributed by atoms with Crippen LogP contribution in [0.4, 0.5) is 0 Å². The van der Waals surface area contributed by atoms with Crippen molar-refractivity contribution in [3.05, 3.63) is 208 Å². The van der Waals surface area contributed by atoms with E-state index in [0.29, 0.717) is 0 Å². The number of rotatable bonds is 5. The summed E-state index contributed by atoms with van der Waals surface area (Å²) >= 11 is 0. The van der Waals surface area contributed by atoms with Gasteiger partial charge in [0.2, 0.25) is 0 Å². The highest BCUT2D eigenvalue weighted by Crippen LogP contribution is 2.65. The third-order valence-corrected chi connectivity index (χ3v) is 12.5. The Morgan fingerprint density at radius 1 is 0.407 bits per heavy atom. The van der Waals surface area contributed by atoms with E-state index in [-0.39, 0.29) is 22.7 Å². The lowest BCUT2D eigenvalue weighted by atomic mass is 9.53. The maximum Gasteiger partial charge on any atom is 0.0418 e. The van der Waals surface area contributed by atoms with E-state index in [4.69, 9.17) is 0 Å². The Kier molecular flexibility index (Phi) is 7.98. The van der Waals surface area contributed by atoms with Gasteiger partial charge in [-0.1, -0.05) is 205 Å². The number of hydrogen-bond acceptors (Lipinski definition) is 0. The zero-order chi connectivity index (χ0) is 37.4. The summed E-state index contributed by atoms with van der Waals surface area (Å²) in [6.07, 6.45) is 2.49. The SMILES string of the molecule is CC1=Cc2cccc(-c3ccc4ccccc4c3)c2C1C(c1ccccc1)(c1ccccc1)C1c2cc(C(C)(C)C)ccc2-c2ccc(C(C)(C)C)cc21. The molecule has 0 spiro atoms. The minimum Gasteiger partial charge on any atom is -0.0639 e. The van der Waals surface area contributed by atoms with Gasteiger partial charge in [-0.25, -0.2) is 0 Å². The molecule has 0 aromatic heterocycles. The van der Waals surface area contributed by atoms with Crippen molar-refractivity contribution >= 4 is 16.8 Å². The molecule has 266 valence electrons. The van der Waals surface area contributed by atoms with E-state index in [1.807, 2.05) is 0 Å². The highest BCUT2D eigenvalue weighted by molar-refractivity contribution is 5.90. The summed E-state index contributed by atoms with van der Waals surface area (Å²) in [6, 6.07) is 60.5. The van der Waals surface area contributed by atoms with Crippen molar-refractivity contribution in [1.82, 2.24) is 0 Å². The first kappa shape index (κ1) is 34.3. The van der Waals surface area contributed by atoms with E-state index < -0.39 is 5.41 Å². The summed E-state index contributed by atoms with van der Waals surface area (Å²) in [5, 5.41) is 2.54. The quantitative estimate of drug-likeness (QED) is 0.168. The molecule has 0 N–H and O–H groups in total. The monoisotopic (exact) mass is 698 g/mol. The molecular weight excluding hydrogens is 649 g/mol. The van der Waals surface area contributed by atoms with Gasteiger partial charge in [0.05, 0.1) is 0 Å². The molecule has 7 aromatic carbocycles. The van der Waals surface area contributed by atoms with Crippen molar-refractivity contribution in [3.63, 3.8) is 0 Å². The molecule has 2 aliphatic carbocycles. The van der Waals surface area contributed by atoms with Crippen LogP contribution in [0.3, 0.4) is 0 Å². The second-order valence-electron chi connectivity index (χ2n) is 17.8. The van der Waals surface area contributed by atoms with Crippen molar-refractivity contribution in [2.24, 2.45) is 0 Å². The third-order valence-electron chi connectivity index (χ3n) is 12.5. The van der Waals surface area contributed by atoms with Crippen LogP contribution in [-0.2, 0) is 16.2 Å². The predicted octanol–water partition coefficient (Wildman–Crippen LogP) is 14.4. The fourth-order valence-electron chi connectivity index (χ4n) is 9.90. The maximum atomic E-state index is 2.57. The van der Waals surface area contributed by atoms with Crippen molar-refractivity contribution in [1.29, 1.82) is 0 Å². The van der Waals surface area contributed by atoms with Gasteiger partial charge in [0.1, 0.15) is 0 Å². The molecule has 0 fully saturated rings. The molecule has 0 amide bonds. The van der Waals surface area contributed by atoms with E-state index in [0.717, 1.165) is 0 Å². The van der Waals surface area contributed by atoms with E-state index in [1.165, 1.54) is 83.1 Å². The second-order valence-corrected chi connectivity index (χ2v) is 17.8. The van der Waals surface area contributed by atoms with Crippen LogP contribution in [0.5, 0.6) is 0 Å². The van der Waals surface area contributed by atoms with Crippen LogP contribution in [0.1, 0.15) is 105 Å². The number of fused-ring (bicyclic) bond motifs is 5. The van der Waals surface area contributed by atoms with Gasteiger partial charge in [0.25, 0.3) is 0 Å². The zero-order valence-corrected chi connectivity index (χ0v) is 32.7. The smallest absolute Gasteiger partial charge is 0.0418 e. The molecule has 0 heterocycles. The standard InChI is InChI=1S/C54H50/c1-35-31-39-19-16-24-44(38-26-25-36-17-14-15-18-37(36)32-38)49(39)50(35)54(40-20-10-8-11-21-40,41-22-12-9-13-23-41)51-47-33-42(52(2,3)4)27-29-45(47)46-30-28-43(34-48(46)51)53(5,6)7/h8-34,50-51H,1-7H3. The van der Waals surface area contributed by atoms with Gasteiger partial charge in [0, 0.05) is 17.3 Å². The molecule has 0 aliphatic heterocycles. The molecule has 0 bridgehead atoms. The van der Waals surface area contributed by atoms with Crippen molar-refractivity contribution in [2.75, 3.05) is 0 Å². The molecule has 0 saturated heterocycles. The van der Waals surface area contributed by atoms with Crippen LogP contribution >= 0.6 is 0 Å². The fraction of sp³-hybridized carbons (Fsp3) is 0.222. The van der Waals surface area contributed by atoms with Crippen LogP contribution in [0, 0.1) is 0 Å². The molecule has 9 rings (SSSR count). The molecular formula is C54H50. The summed E-state index contributed by atoms with van der Waals surface area (Å²) in [4.78, 5) is 0. The van der Waals surface area contributed by atoms with Crippen LogP contribution < -0.4 is 0 Å². The summed E-state index contributed by atoms with van der Waals surface area (Å²) in [7, 11) is 0. The average molecular weight is 699 g/mol. The topological polar surface area (TPSA) is 0 Å². The van der Waals surface area contributed by atoms with Gasteiger partial charge in [-0.2, -0.15) is 0 Å². The minimum atomic E-state index is -0.492. The molecule has 0 heteroatoms. The molecule has 54 heavy (non-hydrogen) atoms. The third kappa shape index (κ3) is 5.33. The largest absolute Gasteiger partial charge is 0.0639 e. The molecule has 1 atom stereocenters. The van der Waals surface area contributed by atoms with Gasteiger partial charge < -0.3 is 0 Å². The first-order chi connectivity index (χ1) is 26.0. The molecule has 0 nitrogen and oxygen atoms in total. The Morgan fingerprint density at radius 3 is 1.50 bits per heavy atom. The first-order valence-electron chi connectivity index (χ1n) is 19.7. The van der Waals surface area contributed by atoms with Gasteiger partial charge in [-0.3, -0.25) is 0 Å². The van der Waals surface area contributed by atoms with Gasteiger partial charge in [-0.15, -0.1) is 0 Å². The number of hydrogen-bond donors (Lipinski definition) is 0.